The Morgan fingerprint density at radius 1 is 1.30 bits per heavy atom. The lowest BCUT2D eigenvalue weighted by atomic mass is 10.0. The van der Waals surface area contributed by atoms with E-state index >= 15 is 0 Å². The highest BCUT2D eigenvalue weighted by Crippen LogP contribution is 2.23. The number of anilines is 1. The molecule has 0 unspecified atom stereocenters. The normalized spacial score (nSPS) is 10.3. The molecule has 2 rings (SSSR count). The first-order valence-electron chi connectivity index (χ1n) is 6.03. The number of hydrogen-bond donors (Lipinski definition) is 2. The van der Waals surface area contributed by atoms with Gasteiger partial charge in [-0.2, -0.15) is 5.10 Å². The van der Waals surface area contributed by atoms with E-state index in [1.165, 1.54) is 16.9 Å². The summed E-state index contributed by atoms with van der Waals surface area (Å²) in [7, 11) is 1.70. The molecule has 0 aliphatic rings. The van der Waals surface area contributed by atoms with Crippen molar-refractivity contribution in [3.05, 3.63) is 46.8 Å². The summed E-state index contributed by atoms with van der Waals surface area (Å²) >= 11 is 0. The Balaban J connectivity index is 2.38. The van der Waals surface area contributed by atoms with Crippen molar-refractivity contribution in [2.45, 2.75) is 13.8 Å². The maximum Gasteiger partial charge on any atom is 0.337 e. The first-order chi connectivity index (χ1) is 9.38. The molecule has 0 atom stereocenters. The molecule has 6 heteroatoms. The molecular weight excluding hydrogens is 258 g/mol. The summed E-state index contributed by atoms with van der Waals surface area (Å²) in [5.74, 6) is -1.45. The van der Waals surface area contributed by atoms with Crippen LogP contribution in [0.25, 0.3) is 0 Å². The maximum absolute atomic E-state index is 12.1. The highest BCUT2D eigenvalue weighted by molar-refractivity contribution is 6.08. The fourth-order valence-corrected chi connectivity index (χ4v) is 2.03. The lowest BCUT2D eigenvalue weighted by molar-refractivity contribution is 0.0698. The third-order valence-electron chi connectivity index (χ3n) is 2.92. The molecule has 0 saturated carbocycles. The van der Waals surface area contributed by atoms with Crippen LogP contribution in [0.1, 0.15) is 31.8 Å². The first kappa shape index (κ1) is 13.8. The van der Waals surface area contributed by atoms with E-state index in [2.05, 4.69) is 10.4 Å². The SMILES string of the molecule is Cc1cc(C)c(NC(=O)c2cnn(C)c2)c(C(=O)O)c1. The molecule has 0 spiro atoms. The van der Waals surface area contributed by atoms with Gasteiger partial charge in [-0.25, -0.2) is 4.79 Å². The smallest absolute Gasteiger partial charge is 0.337 e. The van der Waals surface area contributed by atoms with Gasteiger partial charge in [-0.3, -0.25) is 9.48 Å². The number of carboxylic acids is 1. The predicted molar refractivity (Wildman–Crippen MR) is 74.0 cm³/mol. The summed E-state index contributed by atoms with van der Waals surface area (Å²) < 4.78 is 1.51. The molecule has 0 radical (unpaired) electrons. The Labute approximate surface area is 116 Å². The number of benzene rings is 1. The minimum absolute atomic E-state index is 0.0831. The number of nitrogens with zero attached hydrogens (tertiary/aromatic N) is 2. The summed E-state index contributed by atoms with van der Waals surface area (Å²) in [5.41, 5.74) is 2.32. The molecule has 0 aliphatic carbocycles. The minimum Gasteiger partial charge on any atom is -0.478 e. The second-order valence-electron chi connectivity index (χ2n) is 4.67. The van der Waals surface area contributed by atoms with Crippen molar-refractivity contribution in [1.29, 1.82) is 0 Å². The van der Waals surface area contributed by atoms with Crippen molar-refractivity contribution in [1.82, 2.24) is 9.78 Å². The molecule has 20 heavy (non-hydrogen) atoms. The fraction of sp³-hybridized carbons (Fsp3) is 0.214. The number of carbonyl (C=O) groups excluding carboxylic acids is 1. The van der Waals surface area contributed by atoms with E-state index in [1.807, 2.05) is 13.0 Å². The molecule has 1 aromatic carbocycles. The van der Waals surface area contributed by atoms with E-state index in [0.717, 1.165) is 5.56 Å². The van der Waals surface area contributed by atoms with Crippen LogP contribution in [0.15, 0.2) is 24.5 Å². The number of carbonyl (C=O) groups is 2. The van der Waals surface area contributed by atoms with Gasteiger partial charge < -0.3 is 10.4 Å². The van der Waals surface area contributed by atoms with Crippen LogP contribution in [0, 0.1) is 13.8 Å². The number of hydrogen-bond acceptors (Lipinski definition) is 3. The summed E-state index contributed by atoms with van der Waals surface area (Å²) in [5, 5.41) is 15.8. The zero-order valence-electron chi connectivity index (χ0n) is 11.5. The molecule has 104 valence electrons. The fourth-order valence-electron chi connectivity index (χ4n) is 2.03. The molecule has 6 nitrogen and oxygen atoms in total. The summed E-state index contributed by atoms with van der Waals surface area (Å²) in [4.78, 5) is 23.4. The van der Waals surface area contributed by atoms with Crippen LogP contribution in [0.3, 0.4) is 0 Å². The number of rotatable bonds is 3. The molecule has 2 N–H and O–H groups in total. The quantitative estimate of drug-likeness (QED) is 0.895. The van der Waals surface area contributed by atoms with E-state index in [4.69, 9.17) is 0 Å². The zero-order valence-corrected chi connectivity index (χ0v) is 11.5. The third-order valence-corrected chi connectivity index (χ3v) is 2.92. The predicted octanol–water partition coefficient (Wildman–Crippen LogP) is 1.99. The summed E-state index contributed by atoms with van der Waals surface area (Å²) in [6, 6.07) is 3.36. The van der Waals surface area contributed by atoms with Gasteiger partial charge >= 0.3 is 5.97 Å². The lowest BCUT2D eigenvalue weighted by Gasteiger charge is -2.12. The number of amides is 1. The van der Waals surface area contributed by atoms with Gasteiger partial charge in [-0.05, 0) is 31.0 Å². The van der Waals surface area contributed by atoms with Gasteiger partial charge in [0, 0.05) is 13.2 Å². The van der Waals surface area contributed by atoms with Crippen molar-refractivity contribution in [2.24, 2.45) is 7.05 Å². The van der Waals surface area contributed by atoms with Gasteiger partial charge in [0.25, 0.3) is 5.91 Å². The van der Waals surface area contributed by atoms with Crippen LogP contribution in [0.2, 0.25) is 0 Å². The Morgan fingerprint density at radius 3 is 2.55 bits per heavy atom. The van der Waals surface area contributed by atoms with Crippen LogP contribution in [-0.4, -0.2) is 26.8 Å². The van der Waals surface area contributed by atoms with Crippen molar-refractivity contribution < 1.29 is 14.7 Å². The molecule has 0 aliphatic heterocycles. The molecule has 0 fully saturated rings. The first-order valence-corrected chi connectivity index (χ1v) is 6.03. The van der Waals surface area contributed by atoms with E-state index < -0.39 is 5.97 Å². The van der Waals surface area contributed by atoms with E-state index in [1.54, 1.807) is 20.2 Å². The molecule has 1 amide bonds. The van der Waals surface area contributed by atoms with Gasteiger partial charge in [-0.15, -0.1) is 0 Å². The number of nitrogens with one attached hydrogen (secondary N) is 1. The second kappa shape index (κ2) is 5.16. The Bertz CT molecular complexity index is 689. The zero-order chi connectivity index (χ0) is 14.9. The number of aryl methyl sites for hydroxylation is 3. The Hall–Kier alpha value is -2.63. The van der Waals surface area contributed by atoms with Crippen molar-refractivity contribution in [2.75, 3.05) is 5.32 Å². The van der Waals surface area contributed by atoms with Crippen LogP contribution < -0.4 is 5.32 Å². The van der Waals surface area contributed by atoms with Crippen LogP contribution in [-0.2, 0) is 7.05 Å². The van der Waals surface area contributed by atoms with Gasteiger partial charge in [0.05, 0.1) is 23.0 Å². The van der Waals surface area contributed by atoms with Gasteiger partial charge in [0.2, 0.25) is 0 Å². The molecule has 2 aromatic rings. The van der Waals surface area contributed by atoms with E-state index in [9.17, 15) is 14.7 Å². The van der Waals surface area contributed by atoms with Crippen LogP contribution in [0.5, 0.6) is 0 Å². The third kappa shape index (κ3) is 2.69. The molecule has 1 heterocycles. The molecule has 0 bridgehead atoms. The molecule has 1 aromatic heterocycles. The summed E-state index contributed by atoms with van der Waals surface area (Å²) in [6.45, 7) is 3.57. The highest BCUT2D eigenvalue weighted by Gasteiger charge is 2.17. The average Bonchev–Trinajstić information content (AvgIpc) is 2.78. The Morgan fingerprint density at radius 2 is 2.00 bits per heavy atom. The van der Waals surface area contributed by atoms with Crippen molar-refractivity contribution >= 4 is 17.6 Å². The second-order valence-corrected chi connectivity index (χ2v) is 4.67. The van der Waals surface area contributed by atoms with Gasteiger partial charge in [0.1, 0.15) is 0 Å². The Kier molecular flexibility index (Phi) is 3.56. The van der Waals surface area contributed by atoms with Crippen molar-refractivity contribution in [3.8, 4) is 0 Å². The van der Waals surface area contributed by atoms with Gasteiger partial charge in [-0.1, -0.05) is 6.07 Å². The number of carboxylic acid groups (broad SMARTS) is 1. The number of aromatic carboxylic acids is 1. The lowest BCUT2D eigenvalue weighted by Crippen LogP contribution is -2.15. The average molecular weight is 273 g/mol. The monoisotopic (exact) mass is 273 g/mol. The standard InChI is InChI=1S/C14H15N3O3/c1-8-4-9(2)12(11(5-8)14(19)20)16-13(18)10-6-15-17(3)7-10/h4-7H,1-3H3,(H,16,18)(H,19,20). The van der Waals surface area contributed by atoms with Crippen molar-refractivity contribution in [3.63, 3.8) is 0 Å². The van der Waals surface area contributed by atoms with Gasteiger partial charge in [0.15, 0.2) is 0 Å². The summed E-state index contributed by atoms with van der Waals surface area (Å²) in [6.07, 6.45) is 3.00. The largest absolute Gasteiger partial charge is 0.478 e. The number of aromatic nitrogens is 2. The molecule has 0 saturated heterocycles. The topological polar surface area (TPSA) is 84.2 Å². The van der Waals surface area contributed by atoms with Crippen LogP contribution >= 0.6 is 0 Å². The van der Waals surface area contributed by atoms with E-state index in [-0.39, 0.29) is 11.5 Å². The maximum atomic E-state index is 12.1. The van der Waals surface area contributed by atoms with Crippen LogP contribution in [0.4, 0.5) is 5.69 Å². The minimum atomic E-state index is -1.07. The van der Waals surface area contributed by atoms with E-state index in [0.29, 0.717) is 16.8 Å². The highest BCUT2D eigenvalue weighted by atomic mass is 16.4. The molecular formula is C14H15N3O3.